The van der Waals surface area contributed by atoms with Crippen molar-refractivity contribution in [3.05, 3.63) is 210 Å². The number of hydrogen-bond acceptors (Lipinski definition) is 8. The average molecular weight is 1160 g/mol. The zero-order chi connectivity index (χ0) is 54.6. The van der Waals surface area contributed by atoms with Crippen LogP contribution in [-0.2, 0) is 30.5 Å². The van der Waals surface area contributed by atoms with Gasteiger partial charge in [0.1, 0.15) is 17.1 Å². The number of aryl methyl sites for hydroxylation is 3. The van der Waals surface area contributed by atoms with Gasteiger partial charge in [-0.1, -0.05) is 123 Å². The summed E-state index contributed by atoms with van der Waals surface area (Å²) in [6.45, 7) is 8.20. The molecule has 14 rings (SSSR count). The minimum absolute atomic E-state index is 0.353. The molecule has 0 unspecified atom stereocenters. The molecule has 79 heavy (non-hydrogen) atoms. The Balaban J connectivity index is 0.000000141. The van der Waals surface area contributed by atoms with Crippen molar-refractivity contribution >= 4 is 99.1 Å². The lowest BCUT2D eigenvalue weighted by molar-refractivity contribution is 0.00578. The zero-order valence-corrected chi connectivity index (χ0v) is 47.9. The second-order valence-corrected chi connectivity index (χ2v) is 22.6. The monoisotopic (exact) mass is 1160 g/mol. The Morgan fingerprint density at radius 2 is 0.734 bits per heavy atom. The number of nitrogens with zero attached hydrogens (tertiary/aromatic N) is 9. The Morgan fingerprint density at radius 3 is 1.10 bits per heavy atom. The quantitative estimate of drug-likeness (QED) is 0.151. The zero-order valence-electron chi connectivity index (χ0n) is 44.7. The molecular weight excluding hydrogens is 1110 g/mol. The number of para-hydroxylation sites is 6. The molecule has 0 amide bonds. The largest absolute Gasteiger partial charge is 0.496 e. The molecule has 388 valence electrons. The van der Waals surface area contributed by atoms with Crippen LogP contribution in [-0.4, -0.2) is 61.9 Å². The first kappa shape index (κ1) is 51.6. The van der Waals surface area contributed by atoms with Crippen LogP contribution in [0.15, 0.2) is 210 Å². The normalized spacial score (nSPS) is 13.7. The van der Waals surface area contributed by atoms with Gasteiger partial charge < -0.3 is 23.0 Å². The van der Waals surface area contributed by atoms with Crippen LogP contribution in [0.25, 0.3) is 111 Å². The summed E-state index contributed by atoms with van der Waals surface area (Å²) >= 11 is 6.88. The second-order valence-electron chi connectivity index (χ2n) is 20.8. The van der Waals surface area contributed by atoms with E-state index in [1.807, 2.05) is 134 Å². The smallest absolute Gasteiger partial charge is 0.399 e. The van der Waals surface area contributed by atoms with Crippen LogP contribution in [0.3, 0.4) is 0 Å². The highest BCUT2D eigenvalue weighted by Crippen LogP contribution is 2.37. The van der Waals surface area contributed by atoms with Crippen LogP contribution >= 0.6 is 31.9 Å². The minimum atomic E-state index is -0.396. The lowest BCUT2D eigenvalue weighted by Crippen LogP contribution is -2.41. The molecule has 7 aromatic carbocycles. The second kappa shape index (κ2) is 20.9. The van der Waals surface area contributed by atoms with Crippen LogP contribution in [0, 0.1) is 0 Å². The van der Waals surface area contributed by atoms with Crippen molar-refractivity contribution in [3.8, 4) is 56.8 Å². The van der Waals surface area contributed by atoms with Crippen molar-refractivity contribution in [1.29, 1.82) is 0 Å². The molecule has 7 heterocycles. The molecule has 13 aromatic rings. The lowest BCUT2D eigenvalue weighted by atomic mass is 9.80. The molecular formula is C65H54BBr2N9O2. The minimum Gasteiger partial charge on any atom is -0.399 e. The van der Waals surface area contributed by atoms with E-state index in [9.17, 15) is 0 Å². The van der Waals surface area contributed by atoms with Gasteiger partial charge in [-0.2, -0.15) is 0 Å². The van der Waals surface area contributed by atoms with Crippen LogP contribution < -0.4 is 5.46 Å². The van der Waals surface area contributed by atoms with E-state index in [0.717, 1.165) is 104 Å². The average Bonchev–Trinajstić information content (AvgIpc) is 4.21. The molecule has 11 nitrogen and oxygen atoms in total. The number of fused-ring (bicyclic) bond motifs is 5. The van der Waals surface area contributed by atoms with Crippen molar-refractivity contribution in [1.82, 2.24) is 43.6 Å². The highest BCUT2D eigenvalue weighted by atomic mass is 79.9. The third-order valence-electron chi connectivity index (χ3n) is 15.2. The summed E-state index contributed by atoms with van der Waals surface area (Å²) in [6.07, 6.45) is 5.68. The van der Waals surface area contributed by atoms with E-state index in [1.165, 1.54) is 21.5 Å². The van der Waals surface area contributed by atoms with Crippen molar-refractivity contribution in [2.75, 3.05) is 0 Å². The Bertz CT molecular complexity index is 4190. The van der Waals surface area contributed by atoms with Gasteiger partial charge in [0.15, 0.2) is 17.5 Å². The van der Waals surface area contributed by atoms with E-state index in [4.69, 9.17) is 34.2 Å². The van der Waals surface area contributed by atoms with Gasteiger partial charge in [0.05, 0.1) is 44.3 Å². The SMILES string of the molecule is Brc1ccc2ccc(Br)cc2c1.Cn1c(-c2ccc(-c3ccc4ccc(-c5ccc(-c6nc7ccccc7n6C)nc5)cc4c3)cn2)nc2ccccc21.Cn1c(-c2ccc(B3OC(C)(C)C(C)(C)O3)cn2)nc2ccccc21. The molecule has 1 aliphatic rings. The van der Waals surface area contributed by atoms with Gasteiger partial charge in [-0.25, -0.2) is 15.0 Å². The third kappa shape index (κ3) is 10.2. The summed E-state index contributed by atoms with van der Waals surface area (Å²) in [6, 6.07) is 62.3. The maximum Gasteiger partial charge on any atom is 0.496 e. The lowest BCUT2D eigenvalue weighted by Gasteiger charge is -2.32. The van der Waals surface area contributed by atoms with E-state index in [1.54, 1.807) is 0 Å². The molecule has 0 saturated carbocycles. The topological polar surface area (TPSA) is 111 Å². The van der Waals surface area contributed by atoms with Crippen molar-refractivity contribution in [2.24, 2.45) is 21.1 Å². The Kier molecular flexibility index (Phi) is 13.7. The van der Waals surface area contributed by atoms with Gasteiger partial charge >= 0.3 is 7.12 Å². The summed E-state index contributed by atoms with van der Waals surface area (Å²) in [5.74, 6) is 2.57. The van der Waals surface area contributed by atoms with Gasteiger partial charge in [-0.15, -0.1) is 0 Å². The third-order valence-corrected chi connectivity index (χ3v) is 16.1. The molecule has 14 heteroatoms. The molecule has 0 aliphatic carbocycles. The van der Waals surface area contributed by atoms with Crippen molar-refractivity contribution in [3.63, 3.8) is 0 Å². The number of halogens is 2. The van der Waals surface area contributed by atoms with Gasteiger partial charge in [0.2, 0.25) is 0 Å². The van der Waals surface area contributed by atoms with Crippen LogP contribution in [0.2, 0.25) is 0 Å². The fraction of sp³-hybridized carbons (Fsp3) is 0.138. The summed E-state index contributed by atoms with van der Waals surface area (Å²) in [5.41, 5.74) is 13.3. The fourth-order valence-electron chi connectivity index (χ4n) is 9.97. The molecule has 0 atom stereocenters. The van der Waals surface area contributed by atoms with E-state index in [-0.39, 0.29) is 11.2 Å². The van der Waals surface area contributed by atoms with Gasteiger partial charge in [-0.3, -0.25) is 15.0 Å². The van der Waals surface area contributed by atoms with Crippen molar-refractivity contribution < 1.29 is 9.31 Å². The maximum atomic E-state index is 6.08. The molecule has 1 fully saturated rings. The molecule has 0 radical (unpaired) electrons. The van der Waals surface area contributed by atoms with E-state index in [2.05, 4.69) is 166 Å². The van der Waals surface area contributed by atoms with Gasteiger partial charge in [0.25, 0.3) is 0 Å². The molecule has 1 aliphatic heterocycles. The maximum absolute atomic E-state index is 6.08. The standard InChI is InChI=1S/C36H26N6.C19H22BN3O2.C10H6Br2/c1-41-33-9-5-3-7-29(33)39-35(41)31-17-15-26(21-37-31)24-13-11-23-12-14-25(20-28(23)19-24)27-16-18-32(38-22-27)36-40-30-8-4-6-10-34(30)42(36)2;1-18(2)19(3,4)25-20(24-18)13-10-11-15(21-12-13)17-22-14-8-6-7-9-16(14)23(17)5;11-9-3-1-7-2-4-10(12)6-8(7)5-9/h3-22H,1-2H3;6-12H,1-5H3;1-6H. The van der Waals surface area contributed by atoms with E-state index in [0.29, 0.717) is 0 Å². The fourth-order valence-corrected chi connectivity index (χ4v) is 10.7. The summed E-state index contributed by atoms with van der Waals surface area (Å²) in [4.78, 5) is 28.4. The molecule has 1 saturated heterocycles. The first-order valence-corrected chi connectivity index (χ1v) is 27.6. The molecule has 0 spiro atoms. The number of hydrogen-bond donors (Lipinski definition) is 0. The van der Waals surface area contributed by atoms with Crippen LogP contribution in [0.4, 0.5) is 0 Å². The Hall–Kier alpha value is -8.14. The highest BCUT2D eigenvalue weighted by molar-refractivity contribution is 9.10. The summed E-state index contributed by atoms with van der Waals surface area (Å²) in [5, 5.41) is 4.88. The number of rotatable bonds is 6. The first-order chi connectivity index (χ1) is 38.2. The van der Waals surface area contributed by atoms with Gasteiger partial charge in [-0.05, 0) is 151 Å². The summed E-state index contributed by atoms with van der Waals surface area (Å²) in [7, 11) is 5.68. The first-order valence-electron chi connectivity index (χ1n) is 26.0. The number of pyridine rings is 3. The predicted molar refractivity (Wildman–Crippen MR) is 329 cm³/mol. The van der Waals surface area contributed by atoms with Crippen LogP contribution in [0.1, 0.15) is 27.7 Å². The van der Waals surface area contributed by atoms with Gasteiger partial charge in [0, 0.05) is 65.3 Å². The highest BCUT2D eigenvalue weighted by Gasteiger charge is 2.51. The number of benzene rings is 7. The Labute approximate surface area is 475 Å². The van der Waals surface area contributed by atoms with Crippen LogP contribution in [0.5, 0.6) is 0 Å². The van der Waals surface area contributed by atoms with E-state index >= 15 is 0 Å². The molecule has 0 bridgehead atoms. The predicted octanol–water partition coefficient (Wildman–Crippen LogP) is 15.4. The Morgan fingerprint density at radius 1 is 0.380 bits per heavy atom. The summed E-state index contributed by atoms with van der Waals surface area (Å²) < 4.78 is 20.7. The number of aromatic nitrogens is 9. The number of imidazole rings is 3. The molecule has 6 aromatic heterocycles. The molecule has 0 N–H and O–H groups in total. The van der Waals surface area contributed by atoms with Crippen molar-refractivity contribution in [2.45, 2.75) is 38.9 Å². The van der Waals surface area contributed by atoms with E-state index < -0.39 is 7.12 Å².